The molecule has 0 atom stereocenters. The second-order valence-corrected chi connectivity index (χ2v) is 7.94. The molecule has 2 aromatic carbocycles. The molecular weight excluding hydrogens is 400 g/mol. The molecule has 0 N–H and O–H groups in total. The third-order valence-corrected chi connectivity index (χ3v) is 5.41. The van der Waals surface area contributed by atoms with Crippen molar-refractivity contribution in [3.05, 3.63) is 63.2 Å². The van der Waals surface area contributed by atoms with Crippen LogP contribution in [0.5, 0.6) is 0 Å². The zero-order valence-electron chi connectivity index (χ0n) is 15.5. The summed E-state index contributed by atoms with van der Waals surface area (Å²) in [5, 5.41) is 12.5. The molecule has 28 heavy (non-hydrogen) atoms. The Labute approximate surface area is 171 Å². The maximum Gasteiger partial charge on any atom is 0.282 e. The van der Waals surface area contributed by atoms with E-state index >= 15 is 0 Å². The van der Waals surface area contributed by atoms with Crippen molar-refractivity contribution in [3.8, 4) is 0 Å². The van der Waals surface area contributed by atoms with Gasteiger partial charge in [0.15, 0.2) is 5.13 Å². The van der Waals surface area contributed by atoms with Gasteiger partial charge in [0.25, 0.3) is 11.6 Å². The largest absolute Gasteiger partial charge is 0.309 e. The number of thiazole rings is 1. The molecule has 1 amide bonds. The standard InChI is InChI=1S/C19H19ClN4O3S/c1-22(2)10-5-11-23(18(25)14-6-3-4-7-16(14)24(26)27)19-21-15-9-8-13(20)12-17(15)28-19/h3-4,6-9,12H,5,10-11H2,1-2H3. The van der Waals surface area contributed by atoms with Gasteiger partial charge < -0.3 is 4.90 Å². The summed E-state index contributed by atoms with van der Waals surface area (Å²) in [5.74, 6) is -0.434. The van der Waals surface area contributed by atoms with Gasteiger partial charge in [0.05, 0.1) is 15.1 Å². The molecule has 0 saturated heterocycles. The summed E-state index contributed by atoms with van der Waals surface area (Å²) in [6.07, 6.45) is 0.704. The molecular formula is C19H19ClN4O3S. The average molecular weight is 419 g/mol. The van der Waals surface area contributed by atoms with E-state index in [0.29, 0.717) is 23.1 Å². The topological polar surface area (TPSA) is 79.6 Å². The highest BCUT2D eigenvalue weighted by Gasteiger charge is 2.27. The Morgan fingerprint density at radius 3 is 2.68 bits per heavy atom. The van der Waals surface area contributed by atoms with Crippen LogP contribution in [0.3, 0.4) is 0 Å². The van der Waals surface area contributed by atoms with E-state index in [4.69, 9.17) is 11.6 Å². The molecule has 0 aliphatic carbocycles. The number of carbonyl (C=O) groups is 1. The molecule has 0 fully saturated rings. The normalized spacial score (nSPS) is 11.1. The molecule has 0 aliphatic rings. The number of amides is 1. The lowest BCUT2D eigenvalue weighted by atomic mass is 10.1. The fourth-order valence-corrected chi connectivity index (χ4v) is 4.06. The molecule has 3 rings (SSSR count). The van der Waals surface area contributed by atoms with Crippen molar-refractivity contribution in [2.24, 2.45) is 0 Å². The van der Waals surface area contributed by atoms with Gasteiger partial charge in [-0.25, -0.2) is 4.98 Å². The highest BCUT2D eigenvalue weighted by Crippen LogP contribution is 2.32. The zero-order valence-corrected chi connectivity index (χ0v) is 17.0. The number of rotatable bonds is 7. The van der Waals surface area contributed by atoms with Crippen molar-refractivity contribution < 1.29 is 9.72 Å². The van der Waals surface area contributed by atoms with E-state index in [9.17, 15) is 14.9 Å². The number of hydrogen-bond donors (Lipinski definition) is 0. The first-order valence-electron chi connectivity index (χ1n) is 8.63. The second kappa shape index (κ2) is 8.64. The Bertz CT molecular complexity index is 1020. The van der Waals surface area contributed by atoms with E-state index in [2.05, 4.69) is 4.98 Å². The summed E-state index contributed by atoms with van der Waals surface area (Å²) in [5.41, 5.74) is 0.571. The maximum absolute atomic E-state index is 13.2. The number of halogens is 1. The molecule has 0 bridgehead atoms. The molecule has 0 saturated carbocycles. The van der Waals surface area contributed by atoms with Gasteiger partial charge in [0.2, 0.25) is 0 Å². The lowest BCUT2D eigenvalue weighted by Gasteiger charge is -2.21. The van der Waals surface area contributed by atoms with Gasteiger partial charge in [0, 0.05) is 17.6 Å². The quantitative estimate of drug-likeness (QED) is 0.418. The second-order valence-electron chi connectivity index (χ2n) is 6.50. The number of nitro groups is 1. The smallest absolute Gasteiger partial charge is 0.282 e. The van der Waals surface area contributed by atoms with Crippen LogP contribution in [0.1, 0.15) is 16.8 Å². The Morgan fingerprint density at radius 2 is 1.96 bits per heavy atom. The van der Waals surface area contributed by atoms with Gasteiger partial charge >= 0.3 is 0 Å². The van der Waals surface area contributed by atoms with Gasteiger partial charge in [-0.05, 0) is 51.3 Å². The van der Waals surface area contributed by atoms with Gasteiger partial charge in [-0.2, -0.15) is 0 Å². The first-order valence-corrected chi connectivity index (χ1v) is 9.82. The van der Waals surface area contributed by atoms with Gasteiger partial charge in [-0.1, -0.05) is 35.1 Å². The lowest BCUT2D eigenvalue weighted by molar-refractivity contribution is -0.385. The lowest BCUT2D eigenvalue weighted by Crippen LogP contribution is -2.33. The molecule has 7 nitrogen and oxygen atoms in total. The van der Waals surface area contributed by atoms with E-state index in [1.165, 1.54) is 28.4 Å². The first-order chi connectivity index (χ1) is 13.4. The Kier molecular flexibility index (Phi) is 6.23. The van der Waals surface area contributed by atoms with E-state index in [1.807, 2.05) is 19.0 Å². The summed E-state index contributed by atoms with van der Waals surface area (Å²) in [7, 11) is 3.90. The SMILES string of the molecule is CN(C)CCCN(C(=O)c1ccccc1[N+](=O)[O-])c1nc2ccc(Cl)cc2s1. The molecule has 0 aliphatic heterocycles. The van der Waals surface area contributed by atoms with Crippen molar-refractivity contribution in [2.45, 2.75) is 6.42 Å². The van der Waals surface area contributed by atoms with E-state index in [0.717, 1.165) is 16.8 Å². The Morgan fingerprint density at radius 1 is 1.21 bits per heavy atom. The fraction of sp³-hybridized carbons (Fsp3) is 0.263. The van der Waals surface area contributed by atoms with Crippen LogP contribution in [0.4, 0.5) is 10.8 Å². The molecule has 0 spiro atoms. The number of fused-ring (bicyclic) bond motifs is 1. The van der Waals surface area contributed by atoms with Crippen LogP contribution >= 0.6 is 22.9 Å². The monoisotopic (exact) mass is 418 g/mol. The summed E-state index contributed by atoms with van der Waals surface area (Å²) >= 11 is 7.40. The molecule has 146 valence electrons. The fourth-order valence-electron chi connectivity index (χ4n) is 2.79. The summed E-state index contributed by atoms with van der Waals surface area (Å²) in [4.78, 5) is 32.2. The van der Waals surface area contributed by atoms with Crippen LogP contribution in [0.25, 0.3) is 10.2 Å². The number of anilines is 1. The summed E-state index contributed by atoms with van der Waals surface area (Å²) < 4.78 is 0.857. The van der Waals surface area contributed by atoms with Crippen molar-refractivity contribution in [2.75, 3.05) is 32.1 Å². The van der Waals surface area contributed by atoms with Crippen molar-refractivity contribution in [1.82, 2.24) is 9.88 Å². The third kappa shape index (κ3) is 4.46. The van der Waals surface area contributed by atoms with Crippen LogP contribution in [-0.2, 0) is 0 Å². The number of benzene rings is 2. The van der Waals surface area contributed by atoms with Crippen molar-refractivity contribution >= 4 is 49.9 Å². The minimum Gasteiger partial charge on any atom is -0.309 e. The van der Waals surface area contributed by atoms with E-state index < -0.39 is 10.8 Å². The Balaban J connectivity index is 2.00. The predicted molar refractivity (Wildman–Crippen MR) is 113 cm³/mol. The van der Waals surface area contributed by atoms with Crippen LogP contribution in [-0.4, -0.2) is 47.9 Å². The molecule has 1 heterocycles. The van der Waals surface area contributed by atoms with Crippen molar-refractivity contribution in [3.63, 3.8) is 0 Å². The number of aromatic nitrogens is 1. The number of nitro benzene ring substituents is 1. The highest BCUT2D eigenvalue weighted by atomic mass is 35.5. The van der Waals surface area contributed by atoms with Gasteiger partial charge in [0.1, 0.15) is 5.56 Å². The molecule has 9 heteroatoms. The first kappa shape index (κ1) is 20.2. The average Bonchev–Trinajstić information content (AvgIpc) is 3.07. The Hall–Kier alpha value is -2.55. The van der Waals surface area contributed by atoms with Gasteiger partial charge in [-0.3, -0.25) is 19.8 Å². The number of nitrogens with zero attached hydrogens (tertiary/aromatic N) is 4. The van der Waals surface area contributed by atoms with E-state index in [-0.39, 0.29) is 11.3 Å². The van der Waals surface area contributed by atoms with Crippen LogP contribution in [0, 0.1) is 10.1 Å². The number of carbonyl (C=O) groups excluding carboxylic acids is 1. The van der Waals surface area contributed by atoms with Gasteiger partial charge in [-0.15, -0.1) is 0 Å². The molecule has 0 radical (unpaired) electrons. The summed E-state index contributed by atoms with van der Waals surface area (Å²) in [6.45, 7) is 1.17. The van der Waals surface area contributed by atoms with Crippen LogP contribution < -0.4 is 4.90 Å². The predicted octanol–water partition coefficient (Wildman–Crippen LogP) is 4.46. The zero-order chi connectivity index (χ0) is 20.3. The summed E-state index contributed by atoms with van der Waals surface area (Å²) in [6, 6.07) is 11.3. The molecule has 3 aromatic rings. The minimum atomic E-state index is -0.538. The number of hydrogen-bond acceptors (Lipinski definition) is 6. The van der Waals surface area contributed by atoms with E-state index in [1.54, 1.807) is 30.3 Å². The van der Waals surface area contributed by atoms with Crippen LogP contribution in [0.2, 0.25) is 5.02 Å². The third-order valence-electron chi connectivity index (χ3n) is 4.13. The number of para-hydroxylation sites is 1. The molecule has 0 unspecified atom stereocenters. The van der Waals surface area contributed by atoms with Crippen molar-refractivity contribution in [1.29, 1.82) is 0 Å². The van der Waals surface area contributed by atoms with Crippen LogP contribution in [0.15, 0.2) is 42.5 Å². The minimum absolute atomic E-state index is 0.0506. The maximum atomic E-state index is 13.2. The highest BCUT2D eigenvalue weighted by molar-refractivity contribution is 7.22. The molecule has 1 aromatic heterocycles.